The Labute approximate surface area is 161 Å². The van der Waals surface area contributed by atoms with Crippen LogP contribution in [-0.2, 0) is 22.7 Å². The Kier molecular flexibility index (Phi) is 6.33. The van der Waals surface area contributed by atoms with Gasteiger partial charge in [-0.3, -0.25) is 19.8 Å². The third-order valence-electron chi connectivity index (χ3n) is 5.97. The molecular formula is C20H28ClN3O2. The summed E-state index contributed by atoms with van der Waals surface area (Å²) in [4.78, 5) is 26.0. The molecule has 2 amide bonds. The molecule has 1 aromatic rings. The van der Waals surface area contributed by atoms with Crippen molar-refractivity contribution in [1.29, 1.82) is 0 Å². The molecular weight excluding hydrogens is 350 g/mol. The van der Waals surface area contributed by atoms with Crippen LogP contribution in [0.3, 0.4) is 0 Å². The number of halogens is 1. The number of imide groups is 1. The molecule has 6 heteroatoms. The monoisotopic (exact) mass is 377 g/mol. The van der Waals surface area contributed by atoms with Gasteiger partial charge < -0.3 is 5.32 Å². The fraction of sp³-hybridized carbons (Fsp3) is 0.600. The predicted molar refractivity (Wildman–Crippen MR) is 103 cm³/mol. The first-order valence-electron chi connectivity index (χ1n) is 9.57. The molecule has 4 rings (SSSR count). The van der Waals surface area contributed by atoms with Crippen LogP contribution in [-0.4, -0.2) is 36.3 Å². The van der Waals surface area contributed by atoms with Crippen molar-refractivity contribution in [3.8, 4) is 0 Å². The lowest BCUT2D eigenvalue weighted by Crippen LogP contribution is -2.39. The summed E-state index contributed by atoms with van der Waals surface area (Å²) in [5, 5.41) is 5.90. The molecule has 1 unspecified atom stereocenters. The molecule has 0 aromatic heterocycles. The van der Waals surface area contributed by atoms with Crippen molar-refractivity contribution < 1.29 is 9.59 Å². The van der Waals surface area contributed by atoms with Gasteiger partial charge in [0.15, 0.2) is 0 Å². The van der Waals surface area contributed by atoms with Crippen LogP contribution >= 0.6 is 12.4 Å². The minimum Gasteiger partial charge on any atom is -0.317 e. The Hall–Kier alpha value is -1.43. The fourth-order valence-corrected chi connectivity index (χ4v) is 4.41. The van der Waals surface area contributed by atoms with Crippen molar-refractivity contribution >= 4 is 24.2 Å². The van der Waals surface area contributed by atoms with Gasteiger partial charge in [0.05, 0.1) is 5.92 Å². The highest BCUT2D eigenvalue weighted by molar-refractivity contribution is 6.00. The fourth-order valence-electron chi connectivity index (χ4n) is 4.41. The maximum Gasteiger partial charge on any atom is 0.234 e. The van der Waals surface area contributed by atoms with Gasteiger partial charge >= 0.3 is 0 Å². The minimum absolute atomic E-state index is 0. The van der Waals surface area contributed by atoms with Gasteiger partial charge in [0.1, 0.15) is 0 Å². The molecule has 3 aliphatic heterocycles. The first kappa shape index (κ1) is 19.3. The highest BCUT2D eigenvalue weighted by Gasteiger charge is 2.29. The van der Waals surface area contributed by atoms with E-state index in [1.165, 1.54) is 43.5 Å². The maximum absolute atomic E-state index is 12.1. The highest BCUT2D eigenvalue weighted by atomic mass is 35.5. The Bertz CT molecular complexity index is 673. The van der Waals surface area contributed by atoms with Crippen molar-refractivity contribution in [2.24, 2.45) is 5.92 Å². The summed E-state index contributed by atoms with van der Waals surface area (Å²) >= 11 is 0. The van der Waals surface area contributed by atoms with E-state index >= 15 is 0 Å². The third-order valence-corrected chi connectivity index (χ3v) is 5.97. The Morgan fingerprint density at radius 1 is 1.04 bits per heavy atom. The molecule has 1 atom stereocenters. The van der Waals surface area contributed by atoms with Crippen molar-refractivity contribution in [2.45, 2.75) is 51.1 Å². The second kappa shape index (κ2) is 8.51. The molecule has 142 valence electrons. The average molecular weight is 378 g/mol. The molecule has 0 bridgehead atoms. The van der Waals surface area contributed by atoms with E-state index in [0.29, 0.717) is 12.8 Å². The van der Waals surface area contributed by atoms with E-state index in [9.17, 15) is 9.59 Å². The van der Waals surface area contributed by atoms with Gasteiger partial charge in [-0.05, 0) is 67.9 Å². The van der Waals surface area contributed by atoms with Crippen LogP contribution in [0.2, 0.25) is 0 Å². The third kappa shape index (κ3) is 4.27. The summed E-state index contributed by atoms with van der Waals surface area (Å²) in [5.74, 6) is 0.402. The molecule has 3 heterocycles. The van der Waals surface area contributed by atoms with Crippen LogP contribution in [0.5, 0.6) is 0 Å². The van der Waals surface area contributed by atoms with Crippen molar-refractivity contribution in [1.82, 2.24) is 15.5 Å². The number of amides is 2. The van der Waals surface area contributed by atoms with Crippen molar-refractivity contribution in [3.05, 3.63) is 34.9 Å². The molecule has 0 spiro atoms. The number of hydrogen-bond donors (Lipinski definition) is 2. The van der Waals surface area contributed by atoms with Crippen LogP contribution < -0.4 is 10.6 Å². The SMILES string of the molecule is Cl.O=C1CCC(c2ccc3c(c2)CN(CCC2CCNCC2)C3)C(=O)N1. The van der Waals surface area contributed by atoms with E-state index in [0.717, 1.165) is 31.1 Å². The molecule has 0 aliphatic carbocycles. The van der Waals surface area contributed by atoms with E-state index in [-0.39, 0.29) is 30.1 Å². The molecule has 2 saturated heterocycles. The lowest BCUT2D eigenvalue weighted by Gasteiger charge is -2.24. The van der Waals surface area contributed by atoms with Gasteiger partial charge in [0, 0.05) is 19.5 Å². The molecule has 3 aliphatic rings. The van der Waals surface area contributed by atoms with Crippen LogP contribution in [0.25, 0.3) is 0 Å². The van der Waals surface area contributed by atoms with Gasteiger partial charge in [-0.2, -0.15) is 0 Å². The van der Waals surface area contributed by atoms with Gasteiger partial charge in [-0.25, -0.2) is 0 Å². The summed E-state index contributed by atoms with van der Waals surface area (Å²) < 4.78 is 0. The second-order valence-electron chi connectivity index (χ2n) is 7.72. The summed E-state index contributed by atoms with van der Waals surface area (Å²) in [7, 11) is 0. The molecule has 5 nitrogen and oxygen atoms in total. The molecule has 26 heavy (non-hydrogen) atoms. The number of carbonyl (C=O) groups excluding carboxylic acids is 2. The zero-order chi connectivity index (χ0) is 17.2. The molecule has 2 N–H and O–H groups in total. The van der Waals surface area contributed by atoms with Gasteiger partial charge in [0.25, 0.3) is 0 Å². The van der Waals surface area contributed by atoms with Crippen LogP contribution in [0.4, 0.5) is 0 Å². The number of hydrogen-bond acceptors (Lipinski definition) is 4. The van der Waals surface area contributed by atoms with E-state index in [4.69, 9.17) is 0 Å². The number of nitrogens with zero attached hydrogens (tertiary/aromatic N) is 1. The summed E-state index contributed by atoms with van der Waals surface area (Å²) in [6.07, 6.45) is 4.97. The molecule has 0 saturated carbocycles. The number of rotatable bonds is 4. The van der Waals surface area contributed by atoms with E-state index in [1.807, 2.05) is 0 Å². The van der Waals surface area contributed by atoms with E-state index in [1.54, 1.807) is 0 Å². The zero-order valence-electron chi connectivity index (χ0n) is 15.1. The highest BCUT2D eigenvalue weighted by Crippen LogP contribution is 2.30. The van der Waals surface area contributed by atoms with Crippen molar-refractivity contribution in [2.75, 3.05) is 19.6 Å². The maximum atomic E-state index is 12.1. The zero-order valence-corrected chi connectivity index (χ0v) is 15.9. The van der Waals surface area contributed by atoms with Crippen LogP contribution in [0.1, 0.15) is 54.7 Å². The smallest absolute Gasteiger partial charge is 0.234 e. The average Bonchev–Trinajstić information content (AvgIpc) is 3.03. The summed E-state index contributed by atoms with van der Waals surface area (Å²) in [5.41, 5.74) is 3.80. The Balaban J connectivity index is 0.00000196. The van der Waals surface area contributed by atoms with Gasteiger partial charge in [-0.15, -0.1) is 12.4 Å². The standard InChI is InChI=1S/C20H27N3O2.ClH/c24-19-4-3-18(20(25)22-19)15-1-2-16-12-23(13-17(16)11-15)10-7-14-5-8-21-9-6-14;/h1-2,11,14,18,21H,3-10,12-13H2,(H,22,24,25);1H. The second-order valence-corrected chi connectivity index (χ2v) is 7.72. The number of piperidine rings is 2. The minimum atomic E-state index is -0.174. The normalized spacial score (nSPS) is 24.1. The van der Waals surface area contributed by atoms with Crippen LogP contribution in [0, 0.1) is 5.92 Å². The number of carbonyl (C=O) groups is 2. The lowest BCUT2D eigenvalue weighted by atomic mass is 9.89. The Morgan fingerprint density at radius 2 is 1.81 bits per heavy atom. The van der Waals surface area contributed by atoms with E-state index < -0.39 is 0 Å². The summed E-state index contributed by atoms with van der Waals surface area (Å²) in [6, 6.07) is 6.45. The summed E-state index contributed by atoms with van der Waals surface area (Å²) in [6.45, 7) is 5.50. The quantitative estimate of drug-likeness (QED) is 0.790. The Morgan fingerprint density at radius 3 is 2.58 bits per heavy atom. The van der Waals surface area contributed by atoms with Crippen molar-refractivity contribution in [3.63, 3.8) is 0 Å². The topological polar surface area (TPSA) is 61.4 Å². The predicted octanol–water partition coefficient (Wildman–Crippen LogP) is 2.33. The first-order chi connectivity index (χ1) is 12.2. The number of nitrogens with one attached hydrogen (secondary N) is 2. The number of benzene rings is 1. The molecule has 1 aromatic carbocycles. The molecule has 2 fully saturated rings. The molecule has 0 radical (unpaired) electrons. The first-order valence-corrected chi connectivity index (χ1v) is 9.57. The lowest BCUT2D eigenvalue weighted by molar-refractivity contribution is -0.134. The van der Waals surface area contributed by atoms with Gasteiger partial charge in [-0.1, -0.05) is 18.2 Å². The van der Waals surface area contributed by atoms with Crippen LogP contribution in [0.15, 0.2) is 18.2 Å². The number of fused-ring (bicyclic) bond motifs is 1. The largest absolute Gasteiger partial charge is 0.317 e. The van der Waals surface area contributed by atoms with E-state index in [2.05, 4.69) is 33.7 Å². The van der Waals surface area contributed by atoms with Gasteiger partial charge in [0.2, 0.25) is 11.8 Å².